The SMILES string of the molecule is Cc1cc(C)c(N2CC3CNCC(C3)C2)c(Cl)c1. The highest BCUT2D eigenvalue weighted by Crippen LogP contribution is 2.35. The number of anilines is 1. The first-order valence-corrected chi connectivity index (χ1v) is 7.23. The molecule has 2 atom stereocenters. The van der Waals surface area contributed by atoms with Crippen LogP contribution in [0.1, 0.15) is 17.5 Å². The highest BCUT2D eigenvalue weighted by molar-refractivity contribution is 6.33. The molecular weight excluding hydrogens is 244 g/mol. The normalized spacial score (nSPS) is 27.4. The van der Waals surface area contributed by atoms with Crippen molar-refractivity contribution >= 4 is 17.3 Å². The molecule has 0 saturated carbocycles. The maximum absolute atomic E-state index is 6.47. The molecule has 98 valence electrons. The minimum Gasteiger partial charge on any atom is -0.369 e. The summed E-state index contributed by atoms with van der Waals surface area (Å²) in [4.78, 5) is 2.51. The van der Waals surface area contributed by atoms with Crippen LogP contribution in [0.4, 0.5) is 5.69 Å². The molecule has 2 unspecified atom stereocenters. The number of fused-ring (bicyclic) bond motifs is 2. The number of hydrogen-bond donors (Lipinski definition) is 1. The lowest BCUT2D eigenvalue weighted by molar-refractivity contribution is 0.249. The van der Waals surface area contributed by atoms with Crippen LogP contribution in [0, 0.1) is 25.7 Å². The van der Waals surface area contributed by atoms with Crippen LogP contribution in [-0.2, 0) is 0 Å². The van der Waals surface area contributed by atoms with Crippen LogP contribution in [0.2, 0.25) is 5.02 Å². The van der Waals surface area contributed by atoms with Crippen molar-refractivity contribution in [3.8, 4) is 0 Å². The fourth-order valence-electron chi connectivity index (χ4n) is 3.60. The van der Waals surface area contributed by atoms with Crippen molar-refractivity contribution in [2.24, 2.45) is 11.8 Å². The lowest BCUT2D eigenvalue weighted by Gasteiger charge is -2.43. The first-order chi connectivity index (χ1) is 8.63. The van der Waals surface area contributed by atoms with E-state index in [0.717, 1.165) is 43.0 Å². The number of hydrogen-bond acceptors (Lipinski definition) is 2. The zero-order valence-electron chi connectivity index (χ0n) is 11.2. The smallest absolute Gasteiger partial charge is 0.0644 e. The number of nitrogens with zero attached hydrogens (tertiary/aromatic N) is 1. The molecule has 0 aromatic heterocycles. The van der Waals surface area contributed by atoms with Crippen molar-refractivity contribution < 1.29 is 0 Å². The number of nitrogens with one attached hydrogen (secondary N) is 1. The van der Waals surface area contributed by atoms with Crippen molar-refractivity contribution in [3.05, 3.63) is 28.3 Å². The van der Waals surface area contributed by atoms with E-state index >= 15 is 0 Å². The molecule has 2 heterocycles. The summed E-state index contributed by atoms with van der Waals surface area (Å²) in [6, 6.07) is 4.33. The quantitative estimate of drug-likeness (QED) is 0.839. The molecule has 0 radical (unpaired) electrons. The second-order valence-corrected chi connectivity index (χ2v) is 6.35. The van der Waals surface area contributed by atoms with Crippen LogP contribution in [0.3, 0.4) is 0 Å². The van der Waals surface area contributed by atoms with Gasteiger partial charge in [0, 0.05) is 13.1 Å². The minimum absolute atomic E-state index is 0.786. The van der Waals surface area contributed by atoms with Gasteiger partial charge in [0.05, 0.1) is 10.7 Å². The summed E-state index contributed by atoms with van der Waals surface area (Å²) in [5.74, 6) is 1.57. The van der Waals surface area contributed by atoms with Crippen LogP contribution in [0.25, 0.3) is 0 Å². The summed E-state index contributed by atoms with van der Waals surface area (Å²) in [5.41, 5.74) is 3.83. The van der Waals surface area contributed by atoms with Gasteiger partial charge in [-0.3, -0.25) is 0 Å². The van der Waals surface area contributed by atoms with E-state index in [9.17, 15) is 0 Å². The third kappa shape index (κ3) is 2.24. The molecule has 0 amide bonds. The van der Waals surface area contributed by atoms with Gasteiger partial charge >= 0.3 is 0 Å². The lowest BCUT2D eigenvalue weighted by atomic mass is 9.85. The largest absolute Gasteiger partial charge is 0.369 e. The Balaban J connectivity index is 1.91. The molecule has 1 aromatic rings. The van der Waals surface area contributed by atoms with E-state index in [-0.39, 0.29) is 0 Å². The van der Waals surface area contributed by atoms with Crippen LogP contribution >= 0.6 is 11.6 Å². The first-order valence-electron chi connectivity index (χ1n) is 6.86. The van der Waals surface area contributed by atoms with E-state index < -0.39 is 0 Å². The molecular formula is C15H21ClN2. The standard InChI is InChI=1S/C15H21ClN2/c1-10-3-11(2)15(14(16)4-10)18-8-12-5-13(9-18)7-17-6-12/h3-4,12-13,17H,5-9H2,1-2H3. The van der Waals surface area contributed by atoms with Gasteiger partial charge in [0.1, 0.15) is 0 Å². The second kappa shape index (κ2) is 4.75. The van der Waals surface area contributed by atoms with Gasteiger partial charge in [-0.15, -0.1) is 0 Å². The van der Waals surface area contributed by atoms with Crippen LogP contribution < -0.4 is 10.2 Å². The van der Waals surface area contributed by atoms with E-state index in [0.29, 0.717) is 0 Å². The van der Waals surface area contributed by atoms with Gasteiger partial charge in [-0.1, -0.05) is 17.7 Å². The molecule has 2 fully saturated rings. The van der Waals surface area contributed by atoms with Gasteiger partial charge in [-0.05, 0) is 62.4 Å². The molecule has 0 spiro atoms. The Morgan fingerprint density at radius 3 is 2.44 bits per heavy atom. The molecule has 1 aromatic carbocycles. The van der Waals surface area contributed by atoms with E-state index in [1.807, 2.05) is 0 Å². The number of aryl methyl sites for hydroxylation is 2. The molecule has 0 aliphatic carbocycles. The van der Waals surface area contributed by atoms with Crippen molar-refractivity contribution in [3.63, 3.8) is 0 Å². The molecule has 2 nitrogen and oxygen atoms in total. The number of halogens is 1. The average molecular weight is 265 g/mol. The Bertz CT molecular complexity index is 423. The van der Waals surface area contributed by atoms with Gasteiger partial charge in [0.25, 0.3) is 0 Å². The molecule has 18 heavy (non-hydrogen) atoms. The topological polar surface area (TPSA) is 15.3 Å². The van der Waals surface area contributed by atoms with E-state index in [1.54, 1.807) is 0 Å². The van der Waals surface area contributed by atoms with Crippen LogP contribution in [0.15, 0.2) is 12.1 Å². The third-order valence-corrected chi connectivity index (χ3v) is 4.49. The molecule has 2 aliphatic heterocycles. The number of piperidine rings is 2. The first kappa shape index (κ1) is 12.3. The molecule has 2 aliphatic rings. The second-order valence-electron chi connectivity index (χ2n) is 5.94. The molecule has 3 heteroatoms. The Labute approximate surface area is 114 Å². The van der Waals surface area contributed by atoms with Crippen LogP contribution in [-0.4, -0.2) is 26.2 Å². The van der Waals surface area contributed by atoms with Crippen molar-refractivity contribution in [1.82, 2.24) is 5.32 Å². The van der Waals surface area contributed by atoms with Gasteiger partial charge in [0.2, 0.25) is 0 Å². The third-order valence-electron chi connectivity index (χ3n) is 4.20. The molecule has 2 bridgehead atoms. The number of rotatable bonds is 1. The van der Waals surface area contributed by atoms with Crippen molar-refractivity contribution in [1.29, 1.82) is 0 Å². The summed E-state index contributed by atoms with van der Waals surface area (Å²) >= 11 is 6.47. The summed E-state index contributed by atoms with van der Waals surface area (Å²) < 4.78 is 0. The summed E-state index contributed by atoms with van der Waals surface area (Å²) in [7, 11) is 0. The fourth-order valence-corrected chi connectivity index (χ4v) is 4.04. The Kier molecular flexibility index (Phi) is 3.25. The highest BCUT2D eigenvalue weighted by atomic mass is 35.5. The Hall–Kier alpha value is -0.730. The maximum Gasteiger partial charge on any atom is 0.0644 e. The lowest BCUT2D eigenvalue weighted by Crippen LogP contribution is -2.51. The van der Waals surface area contributed by atoms with E-state index in [2.05, 4.69) is 36.2 Å². The van der Waals surface area contributed by atoms with E-state index in [1.165, 1.54) is 23.2 Å². The predicted molar refractivity (Wildman–Crippen MR) is 77.6 cm³/mol. The summed E-state index contributed by atoms with van der Waals surface area (Å²) in [6.07, 6.45) is 1.38. The Morgan fingerprint density at radius 1 is 1.17 bits per heavy atom. The summed E-state index contributed by atoms with van der Waals surface area (Å²) in [6.45, 7) is 8.90. The zero-order valence-corrected chi connectivity index (χ0v) is 11.9. The van der Waals surface area contributed by atoms with Gasteiger partial charge in [0.15, 0.2) is 0 Å². The van der Waals surface area contributed by atoms with Crippen molar-refractivity contribution in [2.45, 2.75) is 20.3 Å². The zero-order chi connectivity index (χ0) is 12.7. The Morgan fingerprint density at radius 2 is 1.83 bits per heavy atom. The molecule has 1 N–H and O–H groups in total. The highest BCUT2D eigenvalue weighted by Gasteiger charge is 2.31. The fraction of sp³-hybridized carbons (Fsp3) is 0.600. The van der Waals surface area contributed by atoms with Gasteiger partial charge in [-0.2, -0.15) is 0 Å². The summed E-state index contributed by atoms with van der Waals surface area (Å²) in [5, 5.41) is 4.45. The van der Waals surface area contributed by atoms with Crippen LogP contribution in [0.5, 0.6) is 0 Å². The molecule has 3 rings (SSSR count). The maximum atomic E-state index is 6.47. The van der Waals surface area contributed by atoms with Gasteiger partial charge < -0.3 is 10.2 Å². The predicted octanol–water partition coefficient (Wildman–Crippen LogP) is 3.00. The minimum atomic E-state index is 0.786. The average Bonchev–Trinajstić information content (AvgIpc) is 2.26. The monoisotopic (exact) mass is 264 g/mol. The number of benzene rings is 1. The molecule has 2 saturated heterocycles. The van der Waals surface area contributed by atoms with Crippen molar-refractivity contribution in [2.75, 3.05) is 31.1 Å². The van der Waals surface area contributed by atoms with E-state index in [4.69, 9.17) is 11.6 Å². The van der Waals surface area contributed by atoms with Gasteiger partial charge in [-0.25, -0.2) is 0 Å².